The number of nitrogens with zero attached hydrogens (tertiary/aromatic N) is 2. The summed E-state index contributed by atoms with van der Waals surface area (Å²) in [5, 5.41) is 10.6. The Balaban J connectivity index is 2.89. The van der Waals surface area contributed by atoms with Crippen LogP contribution in [-0.2, 0) is 24.3 Å². The molecule has 0 aliphatic rings. The number of aryl methyl sites for hydroxylation is 1. The van der Waals surface area contributed by atoms with Crippen LogP contribution in [0.5, 0.6) is 0 Å². The SMILES string of the molecule is CCCc1n(CCC)cc[n+]1CC(=O)[O-]. The number of aromatic nitrogens is 2. The quantitative estimate of drug-likeness (QED) is 0.615. The summed E-state index contributed by atoms with van der Waals surface area (Å²) in [5.41, 5.74) is 0. The van der Waals surface area contributed by atoms with E-state index in [1.165, 1.54) is 0 Å². The molecular formula is C11H18N2O2. The monoisotopic (exact) mass is 210 g/mol. The fraction of sp³-hybridized carbons (Fsp3) is 0.636. The van der Waals surface area contributed by atoms with E-state index in [-0.39, 0.29) is 6.54 Å². The van der Waals surface area contributed by atoms with Gasteiger partial charge in [0.15, 0.2) is 0 Å². The number of carboxylic acid groups (broad SMARTS) is 1. The van der Waals surface area contributed by atoms with Gasteiger partial charge in [0.2, 0.25) is 0 Å². The fourth-order valence-electron chi connectivity index (χ4n) is 1.74. The summed E-state index contributed by atoms with van der Waals surface area (Å²) in [6, 6.07) is 0. The molecule has 1 heterocycles. The smallest absolute Gasteiger partial charge is 0.256 e. The molecule has 1 rings (SSSR count). The van der Waals surface area contributed by atoms with Crippen molar-refractivity contribution >= 4 is 5.97 Å². The van der Waals surface area contributed by atoms with Gasteiger partial charge >= 0.3 is 0 Å². The Bertz CT molecular complexity index is 331. The van der Waals surface area contributed by atoms with Gasteiger partial charge in [-0.05, 0) is 12.8 Å². The number of rotatable bonds is 6. The molecule has 0 aliphatic carbocycles. The van der Waals surface area contributed by atoms with Gasteiger partial charge < -0.3 is 9.90 Å². The topological polar surface area (TPSA) is 48.9 Å². The highest BCUT2D eigenvalue weighted by molar-refractivity contribution is 5.62. The van der Waals surface area contributed by atoms with Gasteiger partial charge in [0.05, 0.1) is 12.5 Å². The Labute approximate surface area is 90.2 Å². The maximum atomic E-state index is 10.6. The van der Waals surface area contributed by atoms with Gasteiger partial charge in [0, 0.05) is 6.42 Å². The van der Waals surface area contributed by atoms with E-state index in [0.29, 0.717) is 0 Å². The third-order valence-electron chi connectivity index (χ3n) is 2.33. The van der Waals surface area contributed by atoms with Crippen LogP contribution in [0.15, 0.2) is 12.4 Å². The van der Waals surface area contributed by atoms with E-state index in [4.69, 9.17) is 0 Å². The van der Waals surface area contributed by atoms with E-state index in [0.717, 1.165) is 31.6 Å². The zero-order valence-electron chi connectivity index (χ0n) is 9.40. The maximum absolute atomic E-state index is 10.6. The van der Waals surface area contributed by atoms with Gasteiger partial charge in [-0.15, -0.1) is 0 Å². The second-order valence-corrected chi connectivity index (χ2v) is 3.66. The molecule has 0 bridgehead atoms. The molecule has 0 fully saturated rings. The summed E-state index contributed by atoms with van der Waals surface area (Å²) >= 11 is 0. The molecule has 4 heteroatoms. The molecule has 0 radical (unpaired) electrons. The largest absolute Gasteiger partial charge is 0.546 e. The zero-order valence-corrected chi connectivity index (χ0v) is 9.40. The van der Waals surface area contributed by atoms with Gasteiger partial charge in [-0.1, -0.05) is 13.8 Å². The van der Waals surface area contributed by atoms with Crippen molar-refractivity contribution in [3.63, 3.8) is 0 Å². The Hall–Kier alpha value is -1.32. The van der Waals surface area contributed by atoms with E-state index in [9.17, 15) is 9.90 Å². The number of carbonyl (C=O) groups is 1. The van der Waals surface area contributed by atoms with Gasteiger partial charge in [0.1, 0.15) is 18.9 Å². The van der Waals surface area contributed by atoms with Crippen LogP contribution in [0, 0.1) is 0 Å². The zero-order chi connectivity index (χ0) is 11.3. The molecule has 0 spiro atoms. The van der Waals surface area contributed by atoms with Crippen molar-refractivity contribution in [1.29, 1.82) is 0 Å². The summed E-state index contributed by atoms with van der Waals surface area (Å²) in [6.45, 7) is 5.09. The summed E-state index contributed by atoms with van der Waals surface area (Å²) < 4.78 is 3.88. The molecular weight excluding hydrogens is 192 g/mol. The number of carboxylic acids is 1. The lowest BCUT2D eigenvalue weighted by Gasteiger charge is -2.04. The first-order chi connectivity index (χ1) is 7.19. The molecule has 0 amide bonds. The number of hydrogen-bond donors (Lipinski definition) is 0. The first-order valence-electron chi connectivity index (χ1n) is 5.46. The summed E-state index contributed by atoms with van der Waals surface area (Å²) in [4.78, 5) is 10.6. The summed E-state index contributed by atoms with van der Waals surface area (Å²) in [5.74, 6) is 0.0372. The Morgan fingerprint density at radius 2 is 2.20 bits per heavy atom. The molecule has 0 unspecified atom stereocenters. The predicted molar refractivity (Wildman–Crippen MR) is 53.9 cm³/mol. The fourth-order valence-corrected chi connectivity index (χ4v) is 1.74. The first-order valence-corrected chi connectivity index (χ1v) is 5.46. The molecule has 1 aromatic heterocycles. The van der Waals surface area contributed by atoms with Crippen LogP contribution in [0.1, 0.15) is 32.5 Å². The van der Waals surface area contributed by atoms with Gasteiger partial charge in [-0.25, -0.2) is 9.13 Å². The minimum absolute atomic E-state index is 0.0496. The molecule has 15 heavy (non-hydrogen) atoms. The first kappa shape index (κ1) is 11.8. The number of carbonyl (C=O) groups excluding carboxylic acids is 1. The van der Waals surface area contributed by atoms with Crippen molar-refractivity contribution < 1.29 is 14.5 Å². The molecule has 0 atom stereocenters. The highest BCUT2D eigenvalue weighted by Crippen LogP contribution is 2.01. The van der Waals surface area contributed by atoms with Crippen molar-refractivity contribution in [2.24, 2.45) is 0 Å². The average molecular weight is 210 g/mol. The third kappa shape index (κ3) is 3.08. The second-order valence-electron chi connectivity index (χ2n) is 3.66. The number of imidazole rings is 1. The molecule has 0 saturated carbocycles. The van der Waals surface area contributed by atoms with Gasteiger partial charge in [-0.3, -0.25) is 0 Å². The lowest BCUT2D eigenvalue weighted by molar-refractivity contribution is -0.697. The summed E-state index contributed by atoms with van der Waals surface area (Å²) in [6.07, 6.45) is 6.73. The Morgan fingerprint density at radius 1 is 1.47 bits per heavy atom. The predicted octanol–water partition coefficient (Wildman–Crippen LogP) is -0.112. The van der Waals surface area contributed by atoms with E-state index in [1.807, 2.05) is 12.4 Å². The Morgan fingerprint density at radius 3 is 2.73 bits per heavy atom. The normalized spacial score (nSPS) is 10.5. The highest BCUT2D eigenvalue weighted by atomic mass is 16.4. The molecule has 84 valence electrons. The Kier molecular flexibility index (Phi) is 4.34. The average Bonchev–Trinajstić information content (AvgIpc) is 2.51. The standard InChI is InChI=1S/C11H18N2O2/c1-3-5-10-12(6-4-2)7-8-13(10)9-11(14)15/h7-8H,3-6,9H2,1-2H3. The van der Waals surface area contributed by atoms with Crippen molar-refractivity contribution in [3.05, 3.63) is 18.2 Å². The molecule has 1 aromatic rings. The van der Waals surface area contributed by atoms with Crippen molar-refractivity contribution in [2.75, 3.05) is 0 Å². The number of aliphatic carboxylic acids is 1. The van der Waals surface area contributed by atoms with Crippen LogP contribution in [-0.4, -0.2) is 10.5 Å². The second kappa shape index (κ2) is 5.53. The molecule has 4 nitrogen and oxygen atoms in total. The van der Waals surface area contributed by atoms with Crippen LogP contribution in [0.3, 0.4) is 0 Å². The molecule has 0 N–H and O–H groups in total. The maximum Gasteiger partial charge on any atom is 0.256 e. The van der Waals surface area contributed by atoms with E-state index < -0.39 is 5.97 Å². The van der Waals surface area contributed by atoms with Gasteiger partial charge in [0.25, 0.3) is 5.82 Å². The van der Waals surface area contributed by atoms with Crippen LogP contribution in [0.25, 0.3) is 0 Å². The van der Waals surface area contributed by atoms with E-state index in [2.05, 4.69) is 18.4 Å². The minimum atomic E-state index is -1.04. The highest BCUT2D eigenvalue weighted by Gasteiger charge is 2.15. The van der Waals surface area contributed by atoms with E-state index in [1.54, 1.807) is 4.57 Å². The summed E-state index contributed by atoms with van der Waals surface area (Å²) in [7, 11) is 0. The van der Waals surface area contributed by atoms with Crippen LogP contribution in [0.2, 0.25) is 0 Å². The molecule has 0 saturated heterocycles. The molecule has 0 aromatic carbocycles. The third-order valence-corrected chi connectivity index (χ3v) is 2.33. The van der Waals surface area contributed by atoms with Crippen LogP contribution >= 0.6 is 0 Å². The minimum Gasteiger partial charge on any atom is -0.546 e. The van der Waals surface area contributed by atoms with Crippen LogP contribution < -0.4 is 9.67 Å². The van der Waals surface area contributed by atoms with Crippen molar-refractivity contribution in [2.45, 2.75) is 46.2 Å². The van der Waals surface area contributed by atoms with E-state index >= 15 is 0 Å². The number of hydrogen-bond acceptors (Lipinski definition) is 2. The molecule has 0 aliphatic heterocycles. The van der Waals surface area contributed by atoms with Crippen molar-refractivity contribution in [1.82, 2.24) is 4.57 Å². The van der Waals surface area contributed by atoms with Gasteiger partial charge in [-0.2, -0.15) is 0 Å². The lowest BCUT2D eigenvalue weighted by Crippen LogP contribution is -2.45. The van der Waals surface area contributed by atoms with Crippen LogP contribution in [0.4, 0.5) is 0 Å². The lowest BCUT2D eigenvalue weighted by atomic mass is 10.3. The van der Waals surface area contributed by atoms with Crippen molar-refractivity contribution in [3.8, 4) is 0 Å².